The van der Waals surface area contributed by atoms with E-state index >= 15 is 0 Å². The predicted molar refractivity (Wildman–Crippen MR) is 74.0 cm³/mol. The van der Waals surface area contributed by atoms with E-state index in [0.717, 1.165) is 0 Å². The maximum atomic E-state index is 12.9. The summed E-state index contributed by atoms with van der Waals surface area (Å²) in [7, 11) is 0. The van der Waals surface area contributed by atoms with Crippen molar-refractivity contribution in [3.05, 3.63) is 28.5 Å². The fourth-order valence-electron chi connectivity index (χ4n) is 1.18. The Morgan fingerprint density at radius 2 is 2.10 bits per heavy atom. The fourth-order valence-corrected chi connectivity index (χ4v) is 1.65. The number of carboxylic acids is 1. The number of ether oxygens (including phenoxy) is 1. The second kappa shape index (κ2) is 6.69. The van der Waals surface area contributed by atoms with Crippen LogP contribution in [0.15, 0.2) is 22.7 Å². The second-order valence-electron chi connectivity index (χ2n) is 4.83. The zero-order valence-electron chi connectivity index (χ0n) is 11.1. The SMILES string of the molecule is CC(C)(CNC(=O)COc1ccc(F)cc1Br)C(=O)O. The van der Waals surface area contributed by atoms with E-state index in [1.165, 1.54) is 32.0 Å². The van der Waals surface area contributed by atoms with Crippen molar-refractivity contribution in [1.29, 1.82) is 0 Å². The van der Waals surface area contributed by atoms with Crippen molar-refractivity contribution in [3.63, 3.8) is 0 Å². The van der Waals surface area contributed by atoms with Crippen LogP contribution in [0.4, 0.5) is 4.39 Å². The molecule has 0 heterocycles. The number of nitrogens with one attached hydrogen (secondary N) is 1. The third-order valence-electron chi connectivity index (χ3n) is 2.56. The van der Waals surface area contributed by atoms with E-state index in [1.807, 2.05) is 0 Å². The molecule has 1 aromatic carbocycles. The lowest BCUT2D eigenvalue weighted by molar-refractivity contribution is -0.146. The fraction of sp³-hybridized carbons (Fsp3) is 0.385. The maximum absolute atomic E-state index is 12.9. The van der Waals surface area contributed by atoms with Gasteiger partial charge in [-0.1, -0.05) is 0 Å². The molecule has 0 radical (unpaired) electrons. The van der Waals surface area contributed by atoms with Crippen molar-refractivity contribution in [2.75, 3.05) is 13.2 Å². The molecular weight excluding hydrogens is 333 g/mol. The van der Waals surface area contributed by atoms with Crippen molar-refractivity contribution in [3.8, 4) is 5.75 Å². The van der Waals surface area contributed by atoms with E-state index in [0.29, 0.717) is 10.2 Å². The number of benzene rings is 1. The molecule has 0 saturated heterocycles. The summed E-state index contributed by atoms with van der Waals surface area (Å²) in [6, 6.07) is 3.83. The highest BCUT2D eigenvalue weighted by Gasteiger charge is 2.27. The van der Waals surface area contributed by atoms with E-state index in [2.05, 4.69) is 21.2 Å². The van der Waals surface area contributed by atoms with E-state index in [4.69, 9.17) is 9.84 Å². The van der Waals surface area contributed by atoms with Crippen LogP contribution < -0.4 is 10.1 Å². The van der Waals surface area contributed by atoms with Crippen LogP contribution >= 0.6 is 15.9 Å². The molecule has 2 N–H and O–H groups in total. The molecule has 0 aliphatic heterocycles. The van der Waals surface area contributed by atoms with Gasteiger partial charge in [0, 0.05) is 6.54 Å². The predicted octanol–water partition coefficient (Wildman–Crippen LogP) is 2.19. The molecule has 0 fully saturated rings. The topological polar surface area (TPSA) is 75.6 Å². The Bertz CT molecular complexity index is 519. The molecule has 1 amide bonds. The molecule has 7 heteroatoms. The van der Waals surface area contributed by atoms with Crippen LogP contribution in [0.25, 0.3) is 0 Å². The molecule has 1 aromatic rings. The molecule has 0 bridgehead atoms. The molecule has 1 rings (SSSR count). The van der Waals surface area contributed by atoms with Gasteiger partial charge in [0.2, 0.25) is 0 Å². The average Bonchev–Trinajstić information content (AvgIpc) is 2.35. The minimum Gasteiger partial charge on any atom is -0.483 e. The van der Waals surface area contributed by atoms with Gasteiger partial charge < -0.3 is 15.2 Å². The van der Waals surface area contributed by atoms with Crippen LogP contribution in [0.2, 0.25) is 0 Å². The highest BCUT2D eigenvalue weighted by molar-refractivity contribution is 9.10. The summed E-state index contributed by atoms with van der Waals surface area (Å²) in [5.74, 6) is -1.54. The van der Waals surface area contributed by atoms with Crippen molar-refractivity contribution >= 4 is 27.8 Å². The Balaban J connectivity index is 2.46. The van der Waals surface area contributed by atoms with Crippen LogP contribution in [-0.4, -0.2) is 30.1 Å². The van der Waals surface area contributed by atoms with Gasteiger partial charge in [-0.2, -0.15) is 0 Å². The van der Waals surface area contributed by atoms with E-state index in [1.54, 1.807) is 0 Å². The van der Waals surface area contributed by atoms with E-state index < -0.39 is 23.1 Å². The van der Waals surface area contributed by atoms with Crippen LogP contribution in [0.5, 0.6) is 5.75 Å². The summed E-state index contributed by atoms with van der Waals surface area (Å²) < 4.78 is 18.5. The van der Waals surface area contributed by atoms with Crippen molar-refractivity contribution < 1.29 is 23.8 Å². The van der Waals surface area contributed by atoms with E-state index in [-0.39, 0.29) is 13.2 Å². The summed E-state index contributed by atoms with van der Waals surface area (Å²) >= 11 is 3.11. The molecular formula is C13H15BrFNO4. The van der Waals surface area contributed by atoms with Gasteiger partial charge in [0.1, 0.15) is 11.6 Å². The number of carbonyl (C=O) groups is 2. The minimum atomic E-state index is -1.05. The smallest absolute Gasteiger partial charge is 0.310 e. The first-order chi connectivity index (χ1) is 9.22. The van der Waals surface area contributed by atoms with Crippen molar-refractivity contribution in [1.82, 2.24) is 5.32 Å². The normalized spacial score (nSPS) is 11.0. The monoisotopic (exact) mass is 347 g/mol. The van der Waals surface area contributed by atoms with Gasteiger partial charge in [-0.15, -0.1) is 0 Å². The Morgan fingerprint density at radius 1 is 1.45 bits per heavy atom. The number of halogens is 2. The summed E-state index contributed by atoms with van der Waals surface area (Å²) in [6.07, 6.45) is 0. The molecule has 0 atom stereocenters. The highest BCUT2D eigenvalue weighted by Crippen LogP contribution is 2.25. The number of aliphatic carboxylic acids is 1. The van der Waals surface area contributed by atoms with E-state index in [9.17, 15) is 14.0 Å². The molecule has 5 nitrogen and oxygen atoms in total. The molecule has 0 aliphatic carbocycles. The first kappa shape index (κ1) is 16.4. The van der Waals surface area contributed by atoms with Crippen molar-refractivity contribution in [2.24, 2.45) is 5.41 Å². The maximum Gasteiger partial charge on any atom is 0.310 e. The summed E-state index contributed by atoms with van der Waals surface area (Å²) in [5.41, 5.74) is -1.05. The summed E-state index contributed by atoms with van der Waals surface area (Å²) in [4.78, 5) is 22.4. The van der Waals surface area contributed by atoms with Crippen LogP contribution in [-0.2, 0) is 9.59 Å². The van der Waals surface area contributed by atoms with Crippen molar-refractivity contribution in [2.45, 2.75) is 13.8 Å². The summed E-state index contributed by atoms with van der Waals surface area (Å²) in [5, 5.41) is 11.4. The molecule has 20 heavy (non-hydrogen) atoms. The molecule has 0 aromatic heterocycles. The lowest BCUT2D eigenvalue weighted by Gasteiger charge is -2.19. The highest BCUT2D eigenvalue weighted by atomic mass is 79.9. The van der Waals surface area contributed by atoms with Gasteiger partial charge >= 0.3 is 5.97 Å². The van der Waals surface area contributed by atoms with Crippen LogP contribution in [0, 0.1) is 11.2 Å². The van der Waals surface area contributed by atoms with Gasteiger partial charge in [0.25, 0.3) is 5.91 Å². The van der Waals surface area contributed by atoms with Gasteiger partial charge in [-0.3, -0.25) is 9.59 Å². The average molecular weight is 348 g/mol. The molecule has 110 valence electrons. The third-order valence-corrected chi connectivity index (χ3v) is 3.18. The summed E-state index contributed by atoms with van der Waals surface area (Å²) in [6.45, 7) is 2.73. The number of hydrogen-bond acceptors (Lipinski definition) is 3. The number of hydrogen-bond donors (Lipinski definition) is 2. The second-order valence-corrected chi connectivity index (χ2v) is 5.68. The van der Waals surface area contributed by atoms with Gasteiger partial charge in [0.15, 0.2) is 6.61 Å². The number of carboxylic acid groups (broad SMARTS) is 1. The Kier molecular flexibility index (Phi) is 5.50. The standard InChI is InChI=1S/C13H15BrFNO4/c1-13(2,12(18)19)7-16-11(17)6-20-10-4-3-8(15)5-9(10)14/h3-5H,6-7H2,1-2H3,(H,16,17)(H,18,19). The largest absolute Gasteiger partial charge is 0.483 e. The number of carbonyl (C=O) groups excluding carboxylic acids is 1. The molecule has 0 spiro atoms. The number of rotatable bonds is 6. The molecule has 0 aliphatic rings. The Hall–Kier alpha value is -1.63. The zero-order valence-corrected chi connectivity index (χ0v) is 12.7. The molecule has 0 saturated carbocycles. The minimum absolute atomic E-state index is 0.00485. The van der Waals surface area contributed by atoms with Gasteiger partial charge in [0.05, 0.1) is 9.89 Å². The Morgan fingerprint density at radius 3 is 2.65 bits per heavy atom. The lowest BCUT2D eigenvalue weighted by Crippen LogP contribution is -2.40. The first-order valence-corrected chi connectivity index (χ1v) is 6.59. The zero-order chi connectivity index (χ0) is 15.3. The van der Waals surface area contributed by atoms with Crippen LogP contribution in [0.3, 0.4) is 0 Å². The van der Waals surface area contributed by atoms with Gasteiger partial charge in [-0.25, -0.2) is 4.39 Å². The third kappa shape index (κ3) is 4.80. The number of amides is 1. The lowest BCUT2D eigenvalue weighted by atomic mass is 9.94. The quantitative estimate of drug-likeness (QED) is 0.827. The van der Waals surface area contributed by atoms with Gasteiger partial charge in [-0.05, 0) is 48.0 Å². The molecule has 0 unspecified atom stereocenters. The Labute approximate surface area is 124 Å². The first-order valence-electron chi connectivity index (χ1n) is 5.80. The van der Waals surface area contributed by atoms with Crippen LogP contribution in [0.1, 0.15) is 13.8 Å².